The first-order valence-electron chi connectivity index (χ1n) is 8.20. The van der Waals surface area contributed by atoms with E-state index in [1.54, 1.807) is 0 Å². The third kappa shape index (κ3) is 3.69. The normalized spacial score (nSPS) is 15.7. The summed E-state index contributed by atoms with van der Waals surface area (Å²) in [6.07, 6.45) is 1.84. The summed E-state index contributed by atoms with van der Waals surface area (Å²) in [6.45, 7) is 10.4. The molecule has 2 aromatic heterocycles. The number of aryl methyl sites for hydroxylation is 1. The molecule has 23 heavy (non-hydrogen) atoms. The second-order valence-corrected chi connectivity index (χ2v) is 7.37. The van der Waals surface area contributed by atoms with E-state index in [1.807, 2.05) is 24.0 Å². The van der Waals surface area contributed by atoms with E-state index in [4.69, 9.17) is 0 Å². The van der Waals surface area contributed by atoms with E-state index in [2.05, 4.69) is 58.4 Å². The minimum absolute atomic E-state index is 0.0543. The van der Waals surface area contributed by atoms with Gasteiger partial charge in [0.15, 0.2) is 5.82 Å². The van der Waals surface area contributed by atoms with Crippen molar-refractivity contribution in [2.24, 2.45) is 13.0 Å². The van der Waals surface area contributed by atoms with Crippen LogP contribution in [0, 0.1) is 5.92 Å². The van der Waals surface area contributed by atoms with Crippen LogP contribution in [-0.2, 0) is 19.0 Å². The van der Waals surface area contributed by atoms with E-state index >= 15 is 0 Å². The van der Waals surface area contributed by atoms with Gasteiger partial charge in [-0.2, -0.15) is 10.2 Å². The highest BCUT2D eigenvalue weighted by atomic mass is 15.3. The topological polar surface area (TPSA) is 58.9 Å². The minimum Gasteiger partial charge on any atom is -0.354 e. The number of aromatic nitrogens is 4. The number of hydrogen-bond acceptors (Lipinski definition) is 5. The predicted molar refractivity (Wildman–Crippen MR) is 91.3 cm³/mol. The first-order chi connectivity index (χ1) is 10.9. The van der Waals surface area contributed by atoms with E-state index in [9.17, 15) is 0 Å². The average Bonchev–Trinajstić information content (AvgIpc) is 2.86. The van der Waals surface area contributed by atoms with E-state index in [1.165, 1.54) is 5.69 Å². The SMILES string of the molecule is Cn1nccc1CNCC1CN(c2ccc(C(C)(C)C)nn2)C1. The van der Waals surface area contributed by atoms with Gasteiger partial charge in [0.2, 0.25) is 0 Å². The van der Waals surface area contributed by atoms with Gasteiger partial charge in [-0.25, -0.2) is 0 Å². The van der Waals surface area contributed by atoms with Crippen molar-refractivity contribution in [2.75, 3.05) is 24.5 Å². The van der Waals surface area contributed by atoms with Gasteiger partial charge in [-0.05, 0) is 18.2 Å². The number of rotatable bonds is 5. The quantitative estimate of drug-likeness (QED) is 0.911. The van der Waals surface area contributed by atoms with E-state index < -0.39 is 0 Å². The Hall–Kier alpha value is -1.95. The molecule has 0 amide bonds. The van der Waals surface area contributed by atoms with Gasteiger partial charge in [0.1, 0.15) is 0 Å². The summed E-state index contributed by atoms with van der Waals surface area (Å²) in [4.78, 5) is 2.29. The fraction of sp³-hybridized carbons (Fsp3) is 0.588. The molecule has 0 saturated carbocycles. The molecule has 0 aromatic carbocycles. The van der Waals surface area contributed by atoms with Gasteiger partial charge in [0.05, 0.1) is 11.4 Å². The van der Waals surface area contributed by atoms with Gasteiger partial charge in [0.25, 0.3) is 0 Å². The van der Waals surface area contributed by atoms with Gasteiger partial charge < -0.3 is 10.2 Å². The zero-order valence-electron chi connectivity index (χ0n) is 14.5. The Morgan fingerprint density at radius 3 is 2.52 bits per heavy atom. The fourth-order valence-corrected chi connectivity index (χ4v) is 2.76. The Balaban J connectivity index is 1.43. The van der Waals surface area contributed by atoms with Crippen LogP contribution in [0.15, 0.2) is 24.4 Å². The van der Waals surface area contributed by atoms with Crippen LogP contribution in [0.1, 0.15) is 32.2 Å². The van der Waals surface area contributed by atoms with Crippen LogP contribution in [0.4, 0.5) is 5.82 Å². The first-order valence-corrected chi connectivity index (χ1v) is 8.20. The number of anilines is 1. The van der Waals surface area contributed by atoms with E-state index in [0.29, 0.717) is 5.92 Å². The number of hydrogen-bond donors (Lipinski definition) is 1. The largest absolute Gasteiger partial charge is 0.354 e. The third-order valence-electron chi connectivity index (χ3n) is 4.36. The maximum atomic E-state index is 4.38. The predicted octanol–water partition coefficient (Wildman–Crippen LogP) is 1.73. The summed E-state index contributed by atoms with van der Waals surface area (Å²) < 4.78 is 1.91. The Kier molecular flexibility index (Phi) is 4.35. The molecular weight excluding hydrogens is 288 g/mol. The summed E-state index contributed by atoms with van der Waals surface area (Å²) in [7, 11) is 1.97. The zero-order chi connectivity index (χ0) is 16.4. The lowest BCUT2D eigenvalue weighted by atomic mass is 9.92. The summed E-state index contributed by atoms with van der Waals surface area (Å²) in [5, 5.41) is 16.4. The summed E-state index contributed by atoms with van der Waals surface area (Å²) in [5.41, 5.74) is 2.31. The summed E-state index contributed by atoms with van der Waals surface area (Å²) >= 11 is 0. The lowest BCUT2D eigenvalue weighted by molar-refractivity contribution is 0.379. The molecule has 1 aliphatic rings. The molecule has 0 spiro atoms. The van der Waals surface area contributed by atoms with Crippen LogP contribution in [0.5, 0.6) is 0 Å². The Morgan fingerprint density at radius 1 is 1.17 bits per heavy atom. The van der Waals surface area contributed by atoms with Crippen molar-refractivity contribution in [2.45, 2.75) is 32.7 Å². The van der Waals surface area contributed by atoms with Crippen LogP contribution >= 0.6 is 0 Å². The van der Waals surface area contributed by atoms with Crippen LogP contribution in [0.3, 0.4) is 0 Å². The molecule has 0 radical (unpaired) electrons. The first kappa shape index (κ1) is 15.9. The fourth-order valence-electron chi connectivity index (χ4n) is 2.76. The molecule has 1 N–H and O–H groups in total. The maximum Gasteiger partial charge on any atom is 0.151 e. The number of nitrogens with one attached hydrogen (secondary N) is 1. The molecule has 1 fully saturated rings. The summed E-state index contributed by atoms with van der Waals surface area (Å²) in [6, 6.07) is 6.23. The van der Waals surface area contributed by atoms with Gasteiger partial charge in [-0.15, -0.1) is 5.10 Å². The molecule has 3 heterocycles. The molecule has 1 saturated heterocycles. The summed E-state index contributed by atoms with van der Waals surface area (Å²) in [5.74, 6) is 1.66. The number of nitrogens with zero attached hydrogens (tertiary/aromatic N) is 5. The lowest BCUT2D eigenvalue weighted by Gasteiger charge is -2.40. The van der Waals surface area contributed by atoms with Crippen molar-refractivity contribution in [3.8, 4) is 0 Å². The molecule has 2 aromatic rings. The van der Waals surface area contributed by atoms with Gasteiger partial charge in [-0.3, -0.25) is 4.68 Å². The van der Waals surface area contributed by atoms with Gasteiger partial charge in [-0.1, -0.05) is 20.8 Å². The van der Waals surface area contributed by atoms with Crippen molar-refractivity contribution in [1.82, 2.24) is 25.3 Å². The van der Waals surface area contributed by atoms with Crippen LogP contribution in [0.2, 0.25) is 0 Å². The van der Waals surface area contributed by atoms with E-state index in [-0.39, 0.29) is 5.41 Å². The monoisotopic (exact) mass is 314 g/mol. The highest BCUT2D eigenvalue weighted by molar-refractivity contribution is 5.41. The van der Waals surface area contributed by atoms with Crippen LogP contribution in [0.25, 0.3) is 0 Å². The van der Waals surface area contributed by atoms with Crippen molar-refractivity contribution >= 4 is 5.82 Å². The average molecular weight is 314 g/mol. The molecule has 0 atom stereocenters. The molecule has 0 unspecified atom stereocenters. The third-order valence-corrected chi connectivity index (χ3v) is 4.36. The molecule has 0 aliphatic carbocycles. The molecule has 6 nitrogen and oxygen atoms in total. The van der Waals surface area contributed by atoms with Crippen LogP contribution < -0.4 is 10.2 Å². The van der Waals surface area contributed by atoms with E-state index in [0.717, 1.165) is 37.7 Å². The van der Waals surface area contributed by atoms with Crippen LogP contribution in [-0.4, -0.2) is 39.6 Å². The van der Waals surface area contributed by atoms with Gasteiger partial charge in [0, 0.05) is 50.8 Å². The second kappa shape index (κ2) is 6.28. The van der Waals surface area contributed by atoms with Crippen molar-refractivity contribution in [3.05, 3.63) is 35.8 Å². The molecule has 1 aliphatic heterocycles. The van der Waals surface area contributed by atoms with Crippen molar-refractivity contribution in [1.29, 1.82) is 0 Å². The molecule has 0 bridgehead atoms. The standard InChI is InChI=1S/C17H26N6/c1-17(2,3)15-5-6-16(21-20-15)23-11-13(12-23)9-18-10-14-7-8-19-22(14)4/h5-8,13,18H,9-12H2,1-4H3. The van der Waals surface area contributed by atoms with Crippen molar-refractivity contribution < 1.29 is 0 Å². The molecule has 6 heteroatoms. The smallest absolute Gasteiger partial charge is 0.151 e. The Bertz CT molecular complexity index is 634. The second-order valence-electron chi connectivity index (χ2n) is 7.37. The minimum atomic E-state index is 0.0543. The molecular formula is C17H26N6. The highest BCUT2D eigenvalue weighted by Gasteiger charge is 2.28. The molecule has 124 valence electrons. The molecule has 3 rings (SSSR count). The highest BCUT2D eigenvalue weighted by Crippen LogP contribution is 2.24. The Morgan fingerprint density at radius 2 is 1.96 bits per heavy atom. The van der Waals surface area contributed by atoms with Gasteiger partial charge >= 0.3 is 0 Å². The Labute approximate surface area is 137 Å². The zero-order valence-corrected chi connectivity index (χ0v) is 14.5. The van der Waals surface area contributed by atoms with Crippen molar-refractivity contribution in [3.63, 3.8) is 0 Å². The lowest BCUT2D eigenvalue weighted by Crippen LogP contribution is -2.51. The maximum absolute atomic E-state index is 4.38.